The van der Waals surface area contributed by atoms with Gasteiger partial charge in [-0.15, -0.1) is 13.1 Å². The van der Waals surface area contributed by atoms with Gasteiger partial charge in [0.15, 0.2) is 0 Å². The van der Waals surface area contributed by atoms with Gasteiger partial charge in [-0.1, -0.05) is 36.4 Å². The van der Waals surface area contributed by atoms with Crippen molar-refractivity contribution in [2.24, 2.45) is 11.5 Å². The van der Waals surface area contributed by atoms with E-state index in [2.05, 4.69) is 69.4 Å². The quantitative estimate of drug-likeness (QED) is 0.634. The fourth-order valence-electron chi connectivity index (χ4n) is 3.36. The molecule has 2 rings (SSSR count). The van der Waals surface area contributed by atoms with E-state index in [4.69, 9.17) is 31.8 Å². The van der Waals surface area contributed by atoms with Gasteiger partial charge in [-0.05, 0) is 61.1 Å². The summed E-state index contributed by atoms with van der Waals surface area (Å²) in [6.45, 7) is 9.61. The molecule has 0 fully saturated rings. The van der Waals surface area contributed by atoms with E-state index < -0.39 is 0 Å². The molecule has 4 N–H and O–H groups in total. The first kappa shape index (κ1) is 23.4. The van der Waals surface area contributed by atoms with Crippen molar-refractivity contribution in [2.75, 3.05) is 13.1 Å². The summed E-state index contributed by atoms with van der Waals surface area (Å²) in [7, 11) is 9.47. The van der Waals surface area contributed by atoms with Crippen LogP contribution in [0.15, 0.2) is 36.4 Å². The van der Waals surface area contributed by atoms with Gasteiger partial charge >= 0.3 is 33.2 Å². The Morgan fingerprint density at radius 2 is 1.04 bits per heavy atom. The minimum absolute atomic E-state index is 0.0682. The molecule has 0 bridgehead atoms. The number of benzene rings is 2. The number of halogens is 2. The van der Waals surface area contributed by atoms with Gasteiger partial charge in [0.2, 0.25) is 0 Å². The van der Waals surface area contributed by atoms with Crippen LogP contribution in [0.2, 0.25) is 0 Å². The molecule has 2 aromatic rings. The Bertz CT molecular complexity index is 597. The molecule has 0 aromatic heterocycles. The summed E-state index contributed by atoms with van der Waals surface area (Å²) in [6, 6.07) is 12.4. The Labute approximate surface area is 172 Å². The second-order valence-electron chi connectivity index (χ2n) is 6.46. The third-order valence-electron chi connectivity index (χ3n) is 4.48. The summed E-state index contributed by atoms with van der Waals surface area (Å²) in [4.78, 5) is 0. The molecule has 2 atom stereocenters. The van der Waals surface area contributed by atoms with Gasteiger partial charge in [-0.3, -0.25) is 0 Å². The fourth-order valence-corrected chi connectivity index (χ4v) is 3.36. The van der Waals surface area contributed by atoms with Crippen molar-refractivity contribution < 1.29 is 12.9 Å². The topological polar surface area (TPSA) is 66.1 Å². The molecule has 0 radical (unpaired) electrons. The molecular weight excluding hydrogens is 412 g/mol. The zero-order valence-electron chi connectivity index (χ0n) is 15.7. The average molecular weight is 440 g/mol. The molecule has 2 aromatic carbocycles. The Morgan fingerprint density at radius 3 is 1.31 bits per heavy atom. The monoisotopic (exact) mass is 439 g/mol. The second-order valence-corrected chi connectivity index (χ2v) is 8.18. The van der Waals surface area contributed by atoms with E-state index in [1.54, 1.807) is 0 Å². The molecule has 3 nitrogen and oxygen atoms in total. The Morgan fingerprint density at radius 1 is 0.769 bits per heavy atom. The maximum atomic E-state index is 6.35. The maximum absolute atomic E-state index is 6.35. The third-order valence-corrected chi connectivity index (χ3v) is 4.48. The van der Waals surface area contributed by atoms with E-state index in [0.29, 0.717) is 26.0 Å². The average Bonchev–Trinajstić information content (AvgIpc) is 2.55. The van der Waals surface area contributed by atoms with Crippen molar-refractivity contribution in [3.8, 4) is 0 Å². The zero-order valence-corrected chi connectivity index (χ0v) is 18.3. The first-order valence-corrected chi connectivity index (χ1v) is 11.3. The molecule has 0 heterocycles. The molecule has 6 heteroatoms. The number of nitrogens with two attached hydrogens (primary N) is 2. The fraction of sp³-hybridized carbons (Fsp3) is 0.400. The standard InChI is InChI=1S/C20H28N3.2ClH.Co/c1-13-7-5-8-14(2)19(13)17(21)11-23-12-18(22)20-15(3)9-6-10-16(20)4;;;/h5-10,17-18H,11-12,21-22H2,1-4H3;2*1H;/q-1;;;+3/p-2. The van der Waals surface area contributed by atoms with Crippen LogP contribution in [0.1, 0.15) is 45.5 Å². The normalized spacial score (nSPS) is 13.1. The summed E-state index contributed by atoms with van der Waals surface area (Å²) in [5.41, 5.74) is 20.0. The van der Waals surface area contributed by atoms with Gasteiger partial charge in [-0.25, -0.2) is 0 Å². The molecule has 0 aliphatic heterocycles. The SMILES string of the molecule is Cc1cccc(C)c1C(N)C[N-]CC(N)c1c(C)cccc1C.[Cl][Co+][Cl]. The van der Waals surface area contributed by atoms with Crippen LogP contribution in [-0.4, -0.2) is 13.1 Å². The Kier molecular flexibility index (Phi) is 10.8. The molecule has 0 aliphatic carbocycles. The third kappa shape index (κ3) is 6.85. The molecule has 2 unspecified atom stereocenters. The van der Waals surface area contributed by atoms with Crippen LogP contribution in [0.4, 0.5) is 0 Å². The molecule has 0 saturated heterocycles. The van der Waals surface area contributed by atoms with Gasteiger partial charge in [0.25, 0.3) is 0 Å². The molecule has 0 spiro atoms. The second kappa shape index (κ2) is 12.0. The van der Waals surface area contributed by atoms with Crippen LogP contribution >= 0.6 is 20.3 Å². The predicted octanol–water partition coefficient (Wildman–Crippen LogP) is 5.37. The first-order valence-electron chi connectivity index (χ1n) is 8.43. The predicted molar refractivity (Wildman–Crippen MR) is 110 cm³/mol. The number of rotatable bonds is 6. The van der Waals surface area contributed by atoms with Crippen LogP contribution in [0.5, 0.6) is 0 Å². The van der Waals surface area contributed by atoms with Gasteiger partial charge in [-0.2, -0.15) is 0 Å². The molecule has 0 amide bonds. The van der Waals surface area contributed by atoms with Crippen LogP contribution in [0.3, 0.4) is 0 Å². The number of hydrogen-bond acceptors (Lipinski definition) is 2. The summed E-state index contributed by atoms with van der Waals surface area (Å²) < 4.78 is 0. The van der Waals surface area contributed by atoms with Gasteiger partial charge < -0.3 is 16.8 Å². The summed E-state index contributed by atoms with van der Waals surface area (Å²) in [6.07, 6.45) is 0. The molecule has 26 heavy (non-hydrogen) atoms. The van der Waals surface area contributed by atoms with Gasteiger partial charge in [0.1, 0.15) is 0 Å². The van der Waals surface area contributed by atoms with Crippen molar-refractivity contribution >= 4 is 20.3 Å². The Balaban J connectivity index is 0.00000105. The Hall–Kier alpha value is -0.594. The van der Waals surface area contributed by atoms with E-state index in [9.17, 15) is 0 Å². The van der Waals surface area contributed by atoms with Crippen molar-refractivity contribution in [2.45, 2.75) is 39.8 Å². The van der Waals surface area contributed by atoms with Crippen LogP contribution in [0.25, 0.3) is 5.32 Å². The van der Waals surface area contributed by atoms with E-state index in [1.807, 2.05) is 0 Å². The van der Waals surface area contributed by atoms with E-state index in [0.717, 1.165) is 0 Å². The van der Waals surface area contributed by atoms with Crippen LogP contribution in [-0.2, 0) is 12.9 Å². The van der Waals surface area contributed by atoms with Crippen molar-refractivity contribution in [3.05, 3.63) is 75.1 Å². The van der Waals surface area contributed by atoms with E-state index in [-0.39, 0.29) is 12.1 Å². The van der Waals surface area contributed by atoms with Crippen LogP contribution < -0.4 is 11.5 Å². The molecule has 0 saturated carbocycles. The van der Waals surface area contributed by atoms with E-state index in [1.165, 1.54) is 33.4 Å². The van der Waals surface area contributed by atoms with Crippen molar-refractivity contribution in [1.29, 1.82) is 0 Å². The van der Waals surface area contributed by atoms with E-state index >= 15 is 0 Å². The molecular formula is C20H28Cl2CoN3. The van der Waals surface area contributed by atoms with Gasteiger partial charge in [0.05, 0.1) is 0 Å². The van der Waals surface area contributed by atoms with Crippen LogP contribution in [0, 0.1) is 27.7 Å². The zero-order chi connectivity index (χ0) is 19.7. The minimum atomic E-state index is -0.0682. The van der Waals surface area contributed by atoms with Gasteiger partial charge in [0, 0.05) is 12.1 Å². The van der Waals surface area contributed by atoms with Crippen molar-refractivity contribution in [3.63, 3.8) is 0 Å². The molecule has 146 valence electrons. The summed E-state index contributed by atoms with van der Waals surface area (Å²) in [5.74, 6) is 0. The first-order chi connectivity index (χ1) is 12.3. The van der Waals surface area contributed by atoms with Crippen molar-refractivity contribution in [1.82, 2.24) is 0 Å². The summed E-state index contributed by atoms with van der Waals surface area (Å²) in [5, 5.41) is 4.64. The number of nitrogens with zero attached hydrogens (tertiary/aromatic N) is 1. The number of hydrogen-bond donors (Lipinski definition) is 2. The molecule has 0 aliphatic rings. The number of aryl methyl sites for hydroxylation is 4. The summed E-state index contributed by atoms with van der Waals surface area (Å²) >= 11 is 0.382.